The Kier molecular flexibility index (Phi) is 3.91. The molecule has 3 heterocycles. The molecule has 1 N–H and O–H groups in total. The second-order valence-corrected chi connectivity index (χ2v) is 6.94. The minimum absolute atomic E-state index is 0.157. The fourth-order valence-electron chi connectivity index (χ4n) is 3.31. The van der Waals surface area contributed by atoms with Crippen LogP contribution in [0.4, 0.5) is 0 Å². The highest BCUT2D eigenvalue weighted by atomic mass is 16.6. The largest absolute Gasteiger partial charge is 0.458 e. The van der Waals surface area contributed by atoms with Crippen molar-refractivity contribution in [3.63, 3.8) is 0 Å². The predicted octanol–water partition coefficient (Wildman–Crippen LogP) is 1.02. The first kappa shape index (κ1) is 16.0. The third-order valence-corrected chi connectivity index (χ3v) is 4.68. The van der Waals surface area contributed by atoms with E-state index in [0.717, 1.165) is 11.3 Å². The van der Waals surface area contributed by atoms with Crippen molar-refractivity contribution in [2.75, 3.05) is 6.61 Å². The first-order valence-electron chi connectivity index (χ1n) is 7.92. The van der Waals surface area contributed by atoms with E-state index in [9.17, 15) is 9.59 Å². The average molecular weight is 321 g/mol. The van der Waals surface area contributed by atoms with Gasteiger partial charge in [-0.2, -0.15) is 5.10 Å². The summed E-state index contributed by atoms with van der Waals surface area (Å²) in [5, 5.41) is 7.05. The fraction of sp³-hybridized carbons (Fsp3) is 0.688. The first-order chi connectivity index (χ1) is 10.8. The SMILES string of the molecule is Cc1c([C@H]2OCC[C@@H]2C(=O)N[C@H]2CC(C)(C)OC2=O)cnn1C. The average Bonchev–Trinajstić information content (AvgIpc) is 3.11. The van der Waals surface area contributed by atoms with Crippen LogP contribution in [0, 0.1) is 12.8 Å². The molecule has 126 valence electrons. The summed E-state index contributed by atoms with van der Waals surface area (Å²) in [5.74, 6) is -0.832. The molecule has 3 rings (SSSR count). The number of nitrogens with zero attached hydrogens (tertiary/aromatic N) is 2. The van der Waals surface area contributed by atoms with Crippen molar-refractivity contribution < 1.29 is 19.1 Å². The summed E-state index contributed by atoms with van der Waals surface area (Å²) in [5.41, 5.74) is 1.39. The van der Waals surface area contributed by atoms with Crippen molar-refractivity contribution in [1.29, 1.82) is 0 Å². The van der Waals surface area contributed by atoms with Crippen LogP contribution in [0.15, 0.2) is 6.20 Å². The second-order valence-electron chi connectivity index (χ2n) is 6.94. The van der Waals surface area contributed by atoms with Crippen LogP contribution < -0.4 is 5.32 Å². The lowest BCUT2D eigenvalue weighted by atomic mass is 9.94. The van der Waals surface area contributed by atoms with E-state index in [1.165, 1.54) is 0 Å². The van der Waals surface area contributed by atoms with Crippen LogP contribution >= 0.6 is 0 Å². The molecule has 2 saturated heterocycles. The van der Waals surface area contributed by atoms with Gasteiger partial charge in [-0.1, -0.05) is 0 Å². The number of nitrogens with one attached hydrogen (secondary N) is 1. The molecule has 0 unspecified atom stereocenters. The van der Waals surface area contributed by atoms with E-state index in [0.29, 0.717) is 19.4 Å². The number of carbonyl (C=O) groups excluding carboxylic acids is 2. The maximum Gasteiger partial charge on any atom is 0.329 e. The van der Waals surface area contributed by atoms with E-state index < -0.39 is 11.6 Å². The summed E-state index contributed by atoms with van der Waals surface area (Å²) in [6, 6.07) is -0.575. The normalized spacial score (nSPS) is 29.6. The molecule has 1 amide bonds. The van der Waals surface area contributed by atoms with Gasteiger partial charge in [-0.15, -0.1) is 0 Å². The van der Waals surface area contributed by atoms with Gasteiger partial charge in [-0.25, -0.2) is 4.79 Å². The minimum atomic E-state index is -0.575. The molecule has 7 nitrogen and oxygen atoms in total. The molecule has 2 fully saturated rings. The van der Waals surface area contributed by atoms with E-state index in [-0.39, 0.29) is 23.9 Å². The van der Waals surface area contributed by atoms with Crippen LogP contribution in [0.5, 0.6) is 0 Å². The van der Waals surface area contributed by atoms with Crippen LogP contribution in [0.2, 0.25) is 0 Å². The molecular formula is C16H23N3O4. The maximum atomic E-state index is 12.6. The number of carbonyl (C=O) groups is 2. The maximum absolute atomic E-state index is 12.6. The Labute approximate surface area is 135 Å². The van der Waals surface area contributed by atoms with E-state index in [2.05, 4.69) is 10.4 Å². The molecule has 2 aliphatic heterocycles. The number of aryl methyl sites for hydroxylation is 1. The molecule has 23 heavy (non-hydrogen) atoms. The third-order valence-electron chi connectivity index (χ3n) is 4.68. The summed E-state index contributed by atoms with van der Waals surface area (Å²) >= 11 is 0. The zero-order valence-corrected chi connectivity index (χ0v) is 14.0. The summed E-state index contributed by atoms with van der Waals surface area (Å²) in [6.07, 6.45) is 2.56. The Hall–Kier alpha value is -1.89. The van der Waals surface area contributed by atoms with Crippen molar-refractivity contribution in [1.82, 2.24) is 15.1 Å². The number of aromatic nitrogens is 2. The monoisotopic (exact) mass is 321 g/mol. The van der Waals surface area contributed by atoms with E-state index in [1.807, 2.05) is 27.8 Å². The van der Waals surface area contributed by atoms with Crippen LogP contribution in [-0.4, -0.2) is 39.9 Å². The second kappa shape index (κ2) is 5.63. The number of hydrogen-bond acceptors (Lipinski definition) is 5. The fourth-order valence-corrected chi connectivity index (χ4v) is 3.31. The lowest BCUT2D eigenvalue weighted by Gasteiger charge is -2.19. The first-order valence-corrected chi connectivity index (χ1v) is 7.92. The molecule has 1 aromatic rings. The molecule has 0 spiro atoms. The highest BCUT2D eigenvalue weighted by molar-refractivity contribution is 5.87. The molecule has 0 saturated carbocycles. The number of cyclic esters (lactones) is 1. The van der Waals surface area contributed by atoms with Crippen LogP contribution in [0.3, 0.4) is 0 Å². The van der Waals surface area contributed by atoms with Crippen LogP contribution in [-0.2, 0) is 26.1 Å². The lowest BCUT2D eigenvalue weighted by Crippen LogP contribution is -2.42. The summed E-state index contributed by atoms with van der Waals surface area (Å²) < 4.78 is 12.8. The standard InChI is InChI=1S/C16H23N3O4/c1-9-11(8-17-19(9)4)13-10(5-6-22-13)14(20)18-12-7-16(2,3)23-15(12)21/h8,10,12-13H,5-7H2,1-4H3,(H,18,20)/t10-,12-,13-/m0/s1. The molecule has 7 heteroatoms. The van der Waals surface area contributed by atoms with E-state index in [4.69, 9.17) is 9.47 Å². The Morgan fingerprint density at radius 2 is 2.22 bits per heavy atom. The molecule has 3 atom stereocenters. The van der Waals surface area contributed by atoms with Crippen LogP contribution in [0.25, 0.3) is 0 Å². The number of ether oxygens (including phenoxy) is 2. The predicted molar refractivity (Wildman–Crippen MR) is 81.5 cm³/mol. The quantitative estimate of drug-likeness (QED) is 0.840. The molecule has 0 aromatic carbocycles. The number of esters is 1. The van der Waals surface area contributed by atoms with Crippen molar-refractivity contribution in [3.05, 3.63) is 17.5 Å². The van der Waals surface area contributed by atoms with Gasteiger partial charge in [0.15, 0.2) is 0 Å². The number of hydrogen-bond donors (Lipinski definition) is 1. The Morgan fingerprint density at radius 3 is 2.78 bits per heavy atom. The summed E-state index contributed by atoms with van der Waals surface area (Å²) in [4.78, 5) is 24.5. The number of rotatable bonds is 3. The Morgan fingerprint density at radius 1 is 1.48 bits per heavy atom. The number of amides is 1. The van der Waals surface area contributed by atoms with Crippen molar-refractivity contribution in [3.8, 4) is 0 Å². The molecule has 0 radical (unpaired) electrons. The summed E-state index contributed by atoms with van der Waals surface area (Å²) in [7, 11) is 1.86. The van der Waals surface area contributed by atoms with Gasteiger partial charge in [0.05, 0.1) is 18.2 Å². The molecular weight excluding hydrogens is 298 g/mol. The lowest BCUT2D eigenvalue weighted by molar-refractivity contribution is -0.148. The van der Waals surface area contributed by atoms with E-state index >= 15 is 0 Å². The highest BCUT2D eigenvalue weighted by Gasteiger charge is 2.43. The molecule has 1 aromatic heterocycles. The van der Waals surface area contributed by atoms with E-state index in [1.54, 1.807) is 10.9 Å². The Bertz CT molecular complexity index is 637. The van der Waals surface area contributed by atoms with Gasteiger partial charge in [0.1, 0.15) is 11.6 Å². The highest BCUT2D eigenvalue weighted by Crippen LogP contribution is 2.36. The smallest absolute Gasteiger partial charge is 0.329 e. The van der Waals surface area contributed by atoms with Crippen molar-refractivity contribution >= 4 is 11.9 Å². The topological polar surface area (TPSA) is 82.4 Å². The van der Waals surface area contributed by atoms with Crippen molar-refractivity contribution in [2.45, 2.75) is 51.4 Å². The van der Waals surface area contributed by atoms with Gasteiger partial charge in [0.2, 0.25) is 5.91 Å². The Balaban J connectivity index is 1.72. The zero-order valence-electron chi connectivity index (χ0n) is 14.0. The van der Waals surface area contributed by atoms with Crippen molar-refractivity contribution in [2.24, 2.45) is 13.0 Å². The molecule has 0 bridgehead atoms. The van der Waals surface area contributed by atoms with Gasteiger partial charge in [0.25, 0.3) is 0 Å². The van der Waals surface area contributed by atoms with Gasteiger partial charge in [-0.05, 0) is 27.2 Å². The third kappa shape index (κ3) is 2.97. The molecule has 2 aliphatic rings. The molecule has 0 aliphatic carbocycles. The van der Waals surface area contributed by atoms with Gasteiger partial charge in [0, 0.05) is 31.3 Å². The van der Waals surface area contributed by atoms with Crippen LogP contribution in [0.1, 0.15) is 44.1 Å². The van der Waals surface area contributed by atoms with Gasteiger partial charge in [-0.3, -0.25) is 9.48 Å². The van der Waals surface area contributed by atoms with Gasteiger partial charge < -0.3 is 14.8 Å². The summed E-state index contributed by atoms with van der Waals surface area (Å²) in [6.45, 7) is 6.17. The minimum Gasteiger partial charge on any atom is -0.458 e. The zero-order chi connectivity index (χ0) is 16.8. The van der Waals surface area contributed by atoms with Gasteiger partial charge >= 0.3 is 5.97 Å².